The molecule has 1 aliphatic rings. The van der Waals surface area contributed by atoms with E-state index in [0.29, 0.717) is 0 Å². The molecule has 2 heterocycles. The highest BCUT2D eigenvalue weighted by Gasteiger charge is 2.20. The van der Waals surface area contributed by atoms with Gasteiger partial charge < -0.3 is 10.0 Å². The maximum atomic E-state index is 10.5. The molecule has 0 amide bonds. The molecule has 0 aliphatic carbocycles. The molecule has 1 aliphatic heterocycles. The maximum absolute atomic E-state index is 10.5. The normalized spacial score (nSPS) is 14.7. The highest BCUT2D eigenvalue weighted by molar-refractivity contribution is 5.95. The average Bonchev–Trinajstić information content (AvgIpc) is 2.86. The van der Waals surface area contributed by atoms with Gasteiger partial charge in [-0.05, 0) is 31.4 Å². The average molecular weight is 328 g/mol. The predicted octanol–water partition coefficient (Wildman–Crippen LogP) is 1.80. The Morgan fingerprint density at radius 2 is 2.08 bits per heavy atom. The summed E-state index contributed by atoms with van der Waals surface area (Å²) in [5, 5.41) is 16.9. The molecule has 1 N–H and O–H groups in total. The molecule has 1 aromatic heterocycles. The number of anilines is 2. The largest absolute Gasteiger partial charge is 0.506 e. The lowest BCUT2D eigenvalue weighted by Crippen LogP contribution is -2.35. The highest BCUT2D eigenvalue weighted by atomic mass is 16.3. The van der Waals surface area contributed by atoms with Crippen LogP contribution in [0.1, 0.15) is 24.7 Å². The van der Waals surface area contributed by atoms with E-state index >= 15 is 0 Å². The van der Waals surface area contributed by atoms with Crippen LogP contribution in [0.2, 0.25) is 0 Å². The zero-order chi connectivity index (χ0) is 17.4. The summed E-state index contributed by atoms with van der Waals surface area (Å²) >= 11 is 0. The molecular weight excluding hydrogens is 302 g/mol. The Bertz CT molecular complexity index is 773. The van der Waals surface area contributed by atoms with E-state index in [1.165, 1.54) is 5.56 Å². The standard InChI is InChI=1S/C18H25N5O/c1-13(18-21(3)9-10-22(18)4)19-23(5)16-11-14-7-6-8-20(2)15(14)12-17(16)24/h9-12H,6-8H2,1-5H3/p+1. The molecule has 6 heteroatoms. The summed E-state index contributed by atoms with van der Waals surface area (Å²) in [7, 11) is 7.94. The first kappa shape index (κ1) is 16.4. The van der Waals surface area contributed by atoms with Crippen LogP contribution in [0.5, 0.6) is 5.75 Å². The quantitative estimate of drug-likeness (QED) is 0.531. The number of benzene rings is 1. The van der Waals surface area contributed by atoms with Crippen molar-refractivity contribution in [1.29, 1.82) is 0 Å². The molecule has 0 fully saturated rings. The van der Waals surface area contributed by atoms with Crippen molar-refractivity contribution in [2.45, 2.75) is 19.8 Å². The minimum Gasteiger partial charge on any atom is -0.506 e. The van der Waals surface area contributed by atoms with Crippen molar-refractivity contribution < 1.29 is 9.67 Å². The summed E-state index contributed by atoms with van der Waals surface area (Å²) in [6.07, 6.45) is 6.18. The monoisotopic (exact) mass is 328 g/mol. The number of rotatable bonds is 3. The third-order valence-electron chi connectivity index (χ3n) is 4.68. The van der Waals surface area contributed by atoms with Crippen LogP contribution >= 0.6 is 0 Å². The summed E-state index contributed by atoms with van der Waals surface area (Å²) in [6.45, 7) is 3.01. The molecule has 0 saturated heterocycles. The molecule has 0 bridgehead atoms. The van der Waals surface area contributed by atoms with Crippen LogP contribution in [-0.2, 0) is 20.5 Å². The SMILES string of the molecule is C/C(=N\N(C)c1cc2c(cc1O)N(C)CCC2)c1n(C)cc[n+]1C. The summed E-state index contributed by atoms with van der Waals surface area (Å²) in [5.41, 5.74) is 4.01. The fourth-order valence-corrected chi connectivity index (χ4v) is 3.48. The van der Waals surface area contributed by atoms with E-state index in [9.17, 15) is 5.11 Å². The first-order valence-corrected chi connectivity index (χ1v) is 8.25. The number of fused-ring (bicyclic) bond motifs is 1. The number of imidazole rings is 1. The molecule has 0 spiro atoms. The second-order valence-electron chi connectivity index (χ2n) is 6.55. The molecule has 128 valence electrons. The number of nitrogens with zero attached hydrogens (tertiary/aromatic N) is 5. The zero-order valence-electron chi connectivity index (χ0n) is 15.1. The van der Waals surface area contributed by atoms with Crippen molar-refractivity contribution in [3.8, 4) is 5.75 Å². The Morgan fingerprint density at radius 1 is 1.33 bits per heavy atom. The number of aromatic nitrogens is 2. The summed E-state index contributed by atoms with van der Waals surface area (Å²) in [5.74, 6) is 1.29. The summed E-state index contributed by atoms with van der Waals surface area (Å²) < 4.78 is 4.07. The van der Waals surface area contributed by atoms with Crippen LogP contribution in [0.3, 0.4) is 0 Å². The van der Waals surface area contributed by atoms with Gasteiger partial charge in [-0.2, -0.15) is 5.10 Å². The predicted molar refractivity (Wildman–Crippen MR) is 96.9 cm³/mol. The molecule has 1 aromatic carbocycles. The van der Waals surface area contributed by atoms with Gasteiger partial charge in [-0.1, -0.05) is 0 Å². The molecule has 2 aromatic rings. The van der Waals surface area contributed by atoms with Crippen LogP contribution in [0.15, 0.2) is 29.6 Å². The van der Waals surface area contributed by atoms with E-state index in [1.54, 1.807) is 5.01 Å². The van der Waals surface area contributed by atoms with Crippen molar-refractivity contribution >= 4 is 17.1 Å². The Labute approximate surface area is 143 Å². The first-order chi connectivity index (χ1) is 11.4. The topological polar surface area (TPSA) is 47.9 Å². The van der Waals surface area contributed by atoms with E-state index in [-0.39, 0.29) is 5.75 Å². The minimum absolute atomic E-state index is 0.262. The van der Waals surface area contributed by atoms with Gasteiger partial charge in [-0.15, -0.1) is 0 Å². The Hall–Kier alpha value is -2.50. The number of aryl methyl sites for hydroxylation is 3. The molecular formula is C18H26N5O+. The van der Waals surface area contributed by atoms with Crippen LogP contribution in [0.25, 0.3) is 0 Å². The van der Waals surface area contributed by atoms with Gasteiger partial charge in [0.05, 0.1) is 14.1 Å². The van der Waals surface area contributed by atoms with Gasteiger partial charge in [0.25, 0.3) is 0 Å². The third-order valence-corrected chi connectivity index (χ3v) is 4.68. The van der Waals surface area contributed by atoms with Gasteiger partial charge >= 0.3 is 5.82 Å². The third kappa shape index (κ3) is 2.84. The van der Waals surface area contributed by atoms with Crippen molar-refractivity contribution in [2.24, 2.45) is 19.2 Å². The molecule has 0 unspecified atom stereocenters. The first-order valence-electron chi connectivity index (χ1n) is 8.25. The van der Waals surface area contributed by atoms with E-state index in [2.05, 4.69) is 23.1 Å². The van der Waals surface area contributed by atoms with Crippen molar-refractivity contribution in [2.75, 3.05) is 30.5 Å². The van der Waals surface area contributed by atoms with Crippen molar-refractivity contribution in [1.82, 2.24) is 4.57 Å². The van der Waals surface area contributed by atoms with Gasteiger partial charge in [0.2, 0.25) is 0 Å². The Kier molecular flexibility index (Phi) is 4.22. The highest BCUT2D eigenvalue weighted by Crippen LogP contribution is 2.37. The number of aromatic hydroxyl groups is 1. The second-order valence-corrected chi connectivity index (χ2v) is 6.55. The van der Waals surface area contributed by atoms with E-state index < -0.39 is 0 Å². The maximum Gasteiger partial charge on any atom is 0.304 e. The van der Waals surface area contributed by atoms with Crippen LogP contribution in [0, 0.1) is 0 Å². The second kappa shape index (κ2) is 6.19. The lowest BCUT2D eigenvalue weighted by atomic mass is 10.0. The number of hydrogen-bond donors (Lipinski definition) is 1. The minimum atomic E-state index is 0.262. The van der Waals surface area contributed by atoms with Crippen LogP contribution in [-0.4, -0.2) is 36.0 Å². The Morgan fingerprint density at radius 3 is 2.75 bits per heavy atom. The molecule has 0 saturated carbocycles. The zero-order valence-corrected chi connectivity index (χ0v) is 15.1. The number of phenols is 1. The Balaban J connectivity index is 1.96. The fraction of sp³-hybridized carbons (Fsp3) is 0.444. The van der Waals surface area contributed by atoms with Crippen LogP contribution < -0.4 is 14.5 Å². The van der Waals surface area contributed by atoms with E-state index in [4.69, 9.17) is 0 Å². The van der Waals surface area contributed by atoms with E-state index in [0.717, 1.165) is 42.3 Å². The fourth-order valence-electron chi connectivity index (χ4n) is 3.48. The molecule has 24 heavy (non-hydrogen) atoms. The smallest absolute Gasteiger partial charge is 0.304 e. The van der Waals surface area contributed by atoms with Crippen LogP contribution in [0.4, 0.5) is 11.4 Å². The van der Waals surface area contributed by atoms with Gasteiger partial charge in [0.1, 0.15) is 29.5 Å². The molecule has 0 atom stereocenters. The number of phenolic OH excluding ortho intramolecular Hbond substituents is 1. The molecule has 0 radical (unpaired) electrons. The summed E-state index contributed by atoms with van der Waals surface area (Å²) in [6, 6.07) is 3.91. The van der Waals surface area contributed by atoms with Crippen molar-refractivity contribution in [3.63, 3.8) is 0 Å². The van der Waals surface area contributed by atoms with Crippen molar-refractivity contribution in [3.05, 3.63) is 35.9 Å². The lowest BCUT2D eigenvalue weighted by Gasteiger charge is -2.29. The van der Waals surface area contributed by atoms with Gasteiger partial charge in [-0.25, -0.2) is 9.13 Å². The van der Waals surface area contributed by atoms with Gasteiger partial charge in [-0.3, -0.25) is 5.01 Å². The number of hydrazone groups is 1. The van der Waals surface area contributed by atoms with E-state index in [1.807, 2.05) is 55.7 Å². The van der Waals surface area contributed by atoms with Gasteiger partial charge in [0, 0.05) is 32.4 Å². The summed E-state index contributed by atoms with van der Waals surface area (Å²) in [4.78, 5) is 2.20. The number of hydrogen-bond acceptors (Lipinski definition) is 4. The molecule has 6 nitrogen and oxygen atoms in total. The lowest BCUT2D eigenvalue weighted by molar-refractivity contribution is -0.672. The van der Waals surface area contributed by atoms with Gasteiger partial charge in [0.15, 0.2) is 0 Å². The molecule has 3 rings (SSSR count).